The van der Waals surface area contributed by atoms with E-state index in [4.69, 9.17) is 41.9 Å². The van der Waals surface area contributed by atoms with Crippen LogP contribution in [-0.2, 0) is 6.54 Å². The van der Waals surface area contributed by atoms with Gasteiger partial charge in [-0.3, -0.25) is 0 Å². The van der Waals surface area contributed by atoms with Crippen LogP contribution in [0.1, 0.15) is 5.89 Å². The molecular weight excluding hydrogens is 393 g/mol. The fraction of sp³-hybridized carbons (Fsp3) is 0.222. The van der Waals surface area contributed by atoms with E-state index in [9.17, 15) is 0 Å². The van der Waals surface area contributed by atoms with E-state index in [1.165, 1.54) is 7.11 Å². The molecule has 1 heterocycles. The van der Waals surface area contributed by atoms with Crippen molar-refractivity contribution in [2.75, 3.05) is 26.6 Å². The predicted molar refractivity (Wildman–Crippen MR) is 103 cm³/mol. The van der Waals surface area contributed by atoms with Crippen molar-refractivity contribution in [3.63, 3.8) is 0 Å². The van der Waals surface area contributed by atoms with Gasteiger partial charge in [0.05, 0.1) is 43.5 Å². The van der Waals surface area contributed by atoms with Gasteiger partial charge in [0.2, 0.25) is 11.7 Å². The van der Waals surface area contributed by atoms with Gasteiger partial charge in [0.15, 0.2) is 5.75 Å². The molecule has 9 heteroatoms. The van der Waals surface area contributed by atoms with Gasteiger partial charge >= 0.3 is 0 Å². The minimum Gasteiger partial charge on any atom is -0.497 e. The first-order valence-corrected chi connectivity index (χ1v) is 8.63. The van der Waals surface area contributed by atoms with Gasteiger partial charge in [-0.05, 0) is 24.3 Å². The van der Waals surface area contributed by atoms with Crippen LogP contribution in [-0.4, -0.2) is 31.5 Å². The van der Waals surface area contributed by atoms with Gasteiger partial charge in [-0.15, -0.1) is 0 Å². The van der Waals surface area contributed by atoms with E-state index in [2.05, 4.69) is 15.5 Å². The molecule has 0 spiro atoms. The third-order valence-electron chi connectivity index (χ3n) is 3.76. The molecule has 0 aliphatic rings. The second-order valence-corrected chi connectivity index (χ2v) is 6.22. The maximum atomic E-state index is 6.13. The van der Waals surface area contributed by atoms with Crippen molar-refractivity contribution in [2.45, 2.75) is 6.54 Å². The monoisotopic (exact) mass is 409 g/mol. The van der Waals surface area contributed by atoms with Crippen molar-refractivity contribution in [3.8, 4) is 28.6 Å². The average molecular weight is 410 g/mol. The smallest absolute Gasteiger partial charge is 0.246 e. The van der Waals surface area contributed by atoms with Gasteiger partial charge in [-0.25, -0.2) is 0 Å². The standard InChI is InChI=1S/C18H17Cl2N3O4/c1-24-11-4-5-12(15(8-11)25-2)18-22-16(27-23-18)9-21-10-6-13(19)17(26-3)14(20)7-10/h4-8,21H,9H2,1-3H3. The van der Waals surface area contributed by atoms with Crippen LogP contribution in [0.5, 0.6) is 17.2 Å². The molecule has 1 N–H and O–H groups in total. The summed E-state index contributed by atoms with van der Waals surface area (Å²) in [6.45, 7) is 0.296. The van der Waals surface area contributed by atoms with Crippen molar-refractivity contribution in [3.05, 3.63) is 46.3 Å². The van der Waals surface area contributed by atoms with Crippen molar-refractivity contribution < 1.29 is 18.7 Å². The number of nitrogens with zero attached hydrogens (tertiary/aromatic N) is 2. The quantitative estimate of drug-likeness (QED) is 0.606. The lowest BCUT2D eigenvalue weighted by Gasteiger charge is -2.09. The zero-order valence-electron chi connectivity index (χ0n) is 14.9. The van der Waals surface area contributed by atoms with Gasteiger partial charge in [0.1, 0.15) is 11.5 Å². The number of aromatic nitrogens is 2. The van der Waals surface area contributed by atoms with Crippen molar-refractivity contribution in [2.24, 2.45) is 0 Å². The van der Waals surface area contributed by atoms with Crippen LogP contribution in [0.4, 0.5) is 5.69 Å². The van der Waals surface area contributed by atoms with Gasteiger partial charge in [-0.1, -0.05) is 28.4 Å². The van der Waals surface area contributed by atoms with E-state index in [-0.39, 0.29) is 0 Å². The summed E-state index contributed by atoms with van der Waals surface area (Å²) < 4.78 is 21.0. The number of nitrogens with one attached hydrogen (secondary N) is 1. The first-order valence-electron chi connectivity index (χ1n) is 7.87. The highest BCUT2D eigenvalue weighted by atomic mass is 35.5. The van der Waals surface area contributed by atoms with Gasteiger partial charge < -0.3 is 24.1 Å². The lowest BCUT2D eigenvalue weighted by molar-refractivity contribution is 0.382. The molecule has 0 fully saturated rings. The Labute approximate surface area is 166 Å². The molecule has 0 aliphatic heterocycles. The SMILES string of the molecule is COc1ccc(-c2noc(CNc3cc(Cl)c(OC)c(Cl)c3)n2)c(OC)c1. The summed E-state index contributed by atoms with van der Waals surface area (Å²) in [7, 11) is 4.66. The molecule has 7 nitrogen and oxygen atoms in total. The highest BCUT2D eigenvalue weighted by Crippen LogP contribution is 2.36. The molecule has 27 heavy (non-hydrogen) atoms. The first-order chi connectivity index (χ1) is 13.0. The van der Waals surface area contributed by atoms with Crippen LogP contribution in [0.2, 0.25) is 10.0 Å². The summed E-state index contributed by atoms with van der Waals surface area (Å²) in [6.07, 6.45) is 0. The van der Waals surface area contributed by atoms with Crippen LogP contribution in [0.15, 0.2) is 34.9 Å². The molecular formula is C18H17Cl2N3O4. The maximum absolute atomic E-state index is 6.13. The van der Waals surface area contributed by atoms with E-state index >= 15 is 0 Å². The fourth-order valence-electron chi connectivity index (χ4n) is 2.45. The normalized spacial score (nSPS) is 10.6. The second-order valence-electron chi connectivity index (χ2n) is 5.40. The van der Waals surface area contributed by atoms with Crippen LogP contribution in [0, 0.1) is 0 Å². The molecule has 2 aromatic carbocycles. The summed E-state index contributed by atoms with van der Waals surface area (Å²) >= 11 is 12.3. The van der Waals surface area contributed by atoms with Crippen molar-refractivity contribution in [1.29, 1.82) is 0 Å². The van der Waals surface area contributed by atoms with E-state index in [0.29, 0.717) is 56.8 Å². The Morgan fingerprint density at radius 3 is 2.37 bits per heavy atom. The minimum atomic E-state index is 0.296. The van der Waals surface area contributed by atoms with Crippen molar-refractivity contribution in [1.82, 2.24) is 10.1 Å². The highest BCUT2D eigenvalue weighted by molar-refractivity contribution is 6.37. The zero-order valence-corrected chi connectivity index (χ0v) is 16.4. The zero-order chi connectivity index (χ0) is 19.4. The van der Waals surface area contributed by atoms with E-state index in [1.54, 1.807) is 38.5 Å². The van der Waals surface area contributed by atoms with Crippen molar-refractivity contribution >= 4 is 28.9 Å². The summed E-state index contributed by atoms with van der Waals surface area (Å²) in [4.78, 5) is 4.39. The number of halogens is 2. The van der Waals surface area contributed by atoms with E-state index in [1.807, 2.05) is 6.07 Å². The molecule has 0 saturated heterocycles. The molecule has 0 unspecified atom stereocenters. The van der Waals surface area contributed by atoms with E-state index in [0.717, 1.165) is 0 Å². The Kier molecular flexibility index (Phi) is 5.93. The molecule has 3 rings (SSSR count). The molecule has 0 bridgehead atoms. The Hall–Kier alpha value is -2.64. The van der Waals surface area contributed by atoms with Crippen LogP contribution in [0.25, 0.3) is 11.4 Å². The average Bonchev–Trinajstić information content (AvgIpc) is 3.14. The maximum Gasteiger partial charge on any atom is 0.246 e. The number of rotatable bonds is 7. The molecule has 0 atom stereocenters. The third kappa shape index (κ3) is 4.20. The molecule has 142 valence electrons. The summed E-state index contributed by atoms with van der Waals surface area (Å²) in [5.74, 6) is 2.50. The molecule has 0 saturated carbocycles. The highest BCUT2D eigenvalue weighted by Gasteiger charge is 2.15. The largest absolute Gasteiger partial charge is 0.497 e. The summed E-state index contributed by atoms with van der Waals surface area (Å²) in [5.41, 5.74) is 1.40. The van der Waals surface area contributed by atoms with Crippen LogP contribution in [0.3, 0.4) is 0 Å². The molecule has 0 aliphatic carbocycles. The first kappa shape index (κ1) is 19.1. The number of anilines is 1. The fourth-order valence-corrected chi connectivity index (χ4v) is 3.10. The number of methoxy groups -OCH3 is 3. The Bertz CT molecular complexity index is 923. The predicted octanol–water partition coefficient (Wildman–Crippen LogP) is 4.68. The summed E-state index contributed by atoms with van der Waals surface area (Å²) in [6, 6.07) is 8.77. The second kappa shape index (κ2) is 8.37. The molecule has 0 radical (unpaired) electrons. The topological polar surface area (TPSA) is 78.6 Å². The van der Waals surface area contributed by atoms with Gasteiger partial charge in [0, 0.05) is 11.8 Å². The number of hydrogen-bond donors (Lipinski definition) is 1. The number of hydrogen-bond acceptors (Lipinski definition) is 7. The van der Waals surface area contributed by atoms with Gasteiger partial charge in [-0.2, -0.15) is 4.98 Å². The van der Waals surface area contributed by atoms with Crippen LogP contribution < -0.4 is 19.5 Å². The van der Waals surface area contributed by atoms with Gasteiger partial charge in [0.25, 0.3) is 0 Å². The minimum absolute atomic E-state index is 0.296. The third-order valence-corrected chi connectivity index (χ3v) is 4.33. The lowest BCUT2D eigenvalue weighted by Crippen LogP contribution is -2.00. The van der Waals surface area contributed by atoms with E-state index < -0.39 is 0 Å². The number of benzene rings is 2. The lowest BCUT2D eigenvalue weighted by atomic mass is 10.2. The molecule has 3 aromatic rings. The molecule has 0 amide bonds. The Morgan fingerprint density at radius 2 is 1.74 bits per heavy atom. The number of ether oxygens (including phenoxy) is 3. The summed E-state index contributed by atoms with van der Waals surface area (Å²) in [5, 5.41) is 7.95. The Morgan fingerprint density at radius 1 is 1.00 bits per heavy atom. The van der Waals surface area contributed by atoms with Crippen LogP contribution >= 0.6 is 23.2 Å². The molecule has 1 aromatic heterocycles. The Balaban J connectivity index is 1.76.